The summed E-state index contributed by atoms with van der Waals surface area (Å²) in [6, 6.07) is 6.18. The molecule has 2 aromatic rings. The van der Waals surface area contributed by atoms with Gasteiger partial charge in [0.25, 0.3) is 0 Å². The van der Waals surface area contributed by atoms with E-state index in [2.05, 4.69) is 40.6 Å². The third kappa shape index (κ3) is 4.31. The molecule has 2 fully saturated rings. The number of hydrogen-bond donors (Lipinski definition) is 1. The maximum atomic E-state index is 6.07. The van der Waals surface area contributed by atoms with Crippen LogP contribution < -0.4 is 10.1 Å². The van der Waals surface area contributed by atoms with Crippen LogP contribution in [0.4, 0.5) is 5.69 Å². The summed E-state index contributed by atoms with van der Waals surface area (Å²) < 4.78 is 16.8. The quantitative estimate of drug-likeness (QED) is 0.827. The summed E-state index contributed by atoms with van der Waals surface area (Å²) in [5.41, 5.74) is 2.15. The third-order valence-corrected chi connectivity index (χ3v) is 4.86. The Labute approximate surface area is 147 Å². The van der Waals surface area contributed by atoms with Gasteiger partial charge in [0.05, 0.1) is 13.2 Å². The van der Waals surface area contributed by atoms with Gasteiger partial charge in [-0.3, -0.25) is 0 Å². The Morgan fingerprint density at radius 2 is 2.04 bits per heavy atom. The molecule has 1 aliphatic carbocycles. The highest BCUT2D eigenvalue weighted by Crippen LogP contribution is 2.38. The number of nitrogens with zero attached hydrogens (tertiary/aromatic N) is 2. The normalized spacial score (nSPS) is 18.3. The molecule has 6 heteroatoms. The fourth-order valence-corrected chi connectivity index (χ4v) is 3.00. The number of rotatable bonds is 7. The first-order chi connectivity index (χ1) is 12.3. The fraction of sp³-hybridized carbons (Fsp3) is 0.579. The van der Waals surface area contributed by atoms with Crippen LogP contribution in [0.2, 0.25) is 0 Å². The van der Waals surface area contributed by atoms with Crippen molar-refractivity contribution in [2.45, 2.75) is 45.1 Å². The molecular formula is C19H25N3O3. The third-order valence-electron chi connectivity index (χ3n) is 4.86. The molecule has 0 atom stereocenters. The van der Waals surface area contributed by atoms with Crippen LogP contribution in [0, 0.1) is 12.8 Å². The van der Waals surface area contributed by atoms with E-state index in [-0.39, 0.29) is 0 Å². The first kappa shape index (κ1) is 16.4. The van der Waals surface area contributed by atoms with Gasteiger partial charge in [0.2, 0.25) is 5.89 Å². The Kier molecular flexibility index (Phi) is 4.88. The molecule has 1 aromatic carbocycles. The molecule has 1 aromatic heterocycles. The SMILES string of the molecule is Cc1ccc(NCc2noc(C3CC3)n2)cc1OCC1CCOCC1. The van der Waals surface area contributed by atoms with E-state index in [1.54, 1.807) is 0 Å². The Bertz CT molecular complexity index is 706. The van der Waals surface area contributed by atoms with E-state index in [9.17, 15) is 0 Å². The highest BCUT2D eigenvalue weighted by Gasteiger charge is 2.29. The van der Waals surface area contributed by atoms with Gasteiger partial charge in [-0.1, -0.05) is 11.2 Å². The maximum Gasteiger partial charge on any atom is 0.229 e. The summed E-state index contributed by atoms with van der Waals surface area (Å²) in [6.07, 6.45) is 4.50. The Balaban J connectivity index is 1.33. The molecule has 0 amide bonds. The monoisotopic (exact) mass is 343 g/mol. The minimum Gasteiger partial charge on any atom is -0.493 e. The van der Waals surface area contributed by atoms with Gasteiger partial charge in [-0.15, -0.1) is 0 Å². The lowest BCUT2D eigenvalue weighted by Crippen LogP contribution is -2.21. The van der Waals surface area contributed by atoms with Crippen molar-refractivity contribution in [3.05, 3.63) is 35.5 Å². The summed E-state index contributed by atoms with van der Waals surface area (Å²) in [6.45, 7) is 5.08. The lowest BCUT2D eigenvalue weighted by Gasteiger charge is -2.22. The minimum absolute atomic E-state index is 0.491. The summed E-state index contributed by atoms with van der Waals surface area (Å²) in [5, 5.41) is 7.39. The zero-order valence-electron chi connectivity index (χ0n) is 14.7. The Morgan fingerprint density at radius 1 is 1.20 bits per heavy atom. The van der Waals surface area contributed by atoms with Crippen molar-refractivity contribution in [1.29, 1.82) is 0 Å². The molecule has 6 nitrogen and oxygen atoms in total. The van der Waals surface area contributed by atoms with Crippen LogP contribution in [0.3, 0.4) is 0 Å². The van der Waals surface area contributed by atoms with Crippen LogP contribution >= 0.6 is 0 Å². The molecule has 1 saturated carbocycles. The minimum atomic E-state index is 0.491. The number of hydrogen-bond acceptors (Lipinski definition) is 6. The molecule has 1 N–H and O–H groups in total. The molecule has 2 aliphatic rings. The summed E-state index contributed by atoms with van der Waals surface area (Å²) in [4.78, 5) is 4.44. The first-order valence-corrected chi connectivity index (χ1v) is 9.15. The summed E-state index contributed by atoms with van der Waals surface area (Å²) in [5.74, 6) is 3.49. The number of ether oxygens (including phenoxy) is 2. The summed E-state index contributed by atoms with van der Waals surface area (Å²) >= 11 is 0. The molecule has 4 rings (SSSR count). The second-order valence-corrected chi connectivity index (χ2v) is 7.02. The van der Waals surface area contributed by atoms with Crippen LogP contribution in [0.15, 0.2) is 22.7 Å². The molecule has 0 spiro atoms. The van der Waals surface area contributed by atoms with E-state index in [1.165, 1.54) is 12.8 Å². The molecule has 134 valence electrons. The maximum absolute atomic E-state index is 6.07. The average molecular weight is 343 g/mol. The number of nitrogens with one attached hydrogen (secondary N) is 1. The van der Waals surface area contributed by atoms with E-state index in [0.29, 0.717) is 24.2 Å². The van der Waals surface area contributed by atoms with Gasteiger partial charge in [-0.25, -0.2) is 0 Å². The fourth-order valence-electron chi connectivity index (χ4n) is 3.00. The molecule has 1 saturated heterocycles. The van der Waals surface area contributed by atoms with Gasteiger partial charge in [0.1, 0.15) is 5.75 Å². The highest BCUT2D eigenvalue weighted by atomic mass is 16.5. The second-order valence-electron chi connectivity index (χ2n) is 7.02. The number of aromatic nitrogens is 2. The molecule has 1 aliphatic heterocycles. The number of benzene rings is 1. The molecule has 0 bridgehead atoms. The van der Waals surface area contributed by atoms with Gasteiger partial charge < -0.3 is 19.3 Å². The molecule has 2 heterocycles. The van der Waals surface area contributed by atoms with Crippen molar-refractivity contribution in [2.75, 3.05) is 25.1 Å². The predicted octanol–water partition coefficient (Wildman–Crippen LogP) is 3.67. The average Bonchev–Trinajstić information content (AvgIpc) is 3.39. The summed E-state index contributed by atoms with van der Waals surface area (Å²) in [7, 11) is 0. The largest absolute Gasteiger partial charge is 0.493 e. The van der Waals surface area contributed by atoms with Crippen molar-refractivity contribution in [2.24, 2.45) is 5.92 Å². The predicted molar refractivity (Wildman–Crippen MR) is 93.8 cm³/mol. The Hall–Kier alpha value is -2.08. The van der Waals surface area contributed by atoms with Crippen molar-refractivity contribution in [1.82, 2.24) is 10.1 Å². The van der Waals surface area contributed by atoms with Crippen molar-refractivity contribution in [3.63, 3.8) is 0 Å². The van der Waals surface area contributed by atoms with Gasteiger partial charge >= 0.3 is 0 Å². The topological polar surface area (TPSA) is 69.4 Å². The highest BCUT2D eigenvalue weighted by molar-refractivity contribution is 5.51. The zero-order chi connectivity index (χ0) is 17.1. The smallest absolute Gasteiger partial charge is 0.229 e. The standard InChI is InChI=1S/C19H25N3O3/c1-13-2-5-16(10-17(13)24-12-14-6-8-23-9-7-14)20-11-18-21-19(25-22-18)15-3-4-15/h2,5,10,14-15,20H,3-4,6-9,11-12H2,1H3. The van der Waals surface area contributed by atoms with Crippen LogP contribution in [0.5, 0.6) is 5.75 Å². The van der Waals surface area contributed by atoms with Crippen LogP contribution in [0.1, 0.15) is 48.9 Å². The van der Waals surface area contributed by atoms with Crippen molar-refractivity contribution in [3.8, 4) is 5.75 Å². The lowest BCUT2D eigenvalue weighted by atomic mass is 10.0. The zero-order valence-corrected chi connectivity index (χ0v) is 14.7. The van der Waals surface area contributed by atoms with Crippen LogP contribution in [-0.4, -0.2) is 30.0 Å². The lowest BCUT2D eigenvalue weighted by molar-refractivity contribution is 0.0496. The van der Waals surface area contributed by atoms with Crippen LogP contribution in [0.25, 0.3) is 0 Å². The molecule has 25 heavy (non-hydrogen) atoms. The van der Waals surface area contributed by atoms with Crippen molar-refractivity contribution >= 4 is 5.69 Å². The van der Waals surface area contributed by atoms with E-state index in [1.807, 2.05) is 0 Å². The van der Waals surface area contributed by atoms with Gasteiger partial charge in [0.15, 0.2) is 5.82 Å². The number of anilines is 1. The van der Waals surface area contributed by atoms with E-state index >= 15 is 0 Å². The molecule has 0 unspecified atom stereocenters. The first-order valence-electron chi connectivity index (χ1n) is 9.15. The second kappa shape index (κ2) is 7.44. The number of aryl methyl sites for hydroxylation is 1. The molecular weight excluding hydrogens is 318 g/mol. The van der Waals surface area contributed by atoms with Gasteiger partial charge in [-0.2, -0.15) is 4.98 Å². The van der Waals surface area contributed by atoms with E-state index in [0.717, 1.165) is 55.6 Å². The van der Waals surface area contributed by atoms with Crippen LogP contribution in [-0.2, 0) is 11.3 Å². The van der Waals surface area contributed by atoms with E-state index in [4.69, 9.17) is 14.0 Å². The molecule has 0 radical (unpaired) electrons. The van der Waals surface area contributed by atoms with Gasteiger partial charge in [0, 0.05) is 30.9 Å². The van der Waals surface area contributed by atoms with Crippen molar-refractivity contribution < 1.29 is 14.0 Å². The van der Waals surface area contributed by atoms with E-state index < -0.39 is 0 Å². The van der Waals surface area contributed by atoms with Gasteiger partial charge in [-0.05, 0) is 50.2 Å². The Morgan fingerprint density at radius 3 is 2.84 bits per heavy atom.